The molecular formula is C16H22BrFO. The molecule has 1 aromatic rings. The van der Waals surface area contributed by atoms with E-state index >= 15 is 0 Å². The monoisotopic (exact) mass is 328 g/mol. The maximum absolute atomic E-state index is 13.8. The first-order valence-electron chi connectivity index (χ1n) is 6.88. The zero-order valence-electron chi connectivity index (χ0n) is 11.8. The van der Waals surface area contributed by atoms with Crippen molar-refractivity contribution in [3.63, 3.8) is 0 Å². The van der Waals surface area contributed by atoms with Crippen molar-refractivity contribution in [2.75, 3.05) is 0 Å². The average Bonchev–Trinajstić information content (AvgIpc) is 2.30. The van der Waals surface area contributed by atoms with Crippen molar-refractivity contribution in [2.45, 2.75) is 52.1 Å². The van der Waals surface area contributed by atoms with Crippen LogP contribution in [0.25, 0.3) is 0 Å². The van der Waals surface area contributed by atoms with E-state index < -0.39 is 5.60 Å². The molecular weight excluding hydrogens is 307 g/mol. The maximum atomic E-state index is 13.8. The van der Waals surface area contributed by atoms with Crippen LogP contribution in [0.2, 0.25) is 0 Å². The number of hydrogen-bond donors (Lipinski definition) is 1. The first-order chi connectivity index (χ1) is 8.72. The number of benzene rings is 1. The lowest BCUT2D eigenvalue weighted by Crippen LogP contribution is -2.45. The third-order valence-corrected chi connectivity index (χ3v) is 5.01. The van der Waals surface area contributed by atoms with Gasteiger partial charge in [-0.25, -0.2) is 4.39 Å². The number of rotatable bonds is 2. The minimum atomic E-state index is -0.781. The van der Waals surface area contributed by atoms with Gasteiger partial charge in [0.05, 0.1) is 5.60 Å². The van der Waals surface area contributed by atoms with Crippen molar-refractivity contribution in [3.05, 3.63) is 34.1 Å². The van der Waals surface area contributed by atoms with Crippen molar-refractivity contribution in [2.24, 2.45) is 11.3 Å². The fraction of sp³-hybridized carbons (Fsp3) is 0.625. The molecule has 0 amide bonds. The molecule has 0 spiro atoms. The molecule has 2 unspecified atom stereocenters. The molecule has 1 saturated carbocycles. The highest BCUT2D eigenvalue weighted by Gasteiger charge is 2.42. The fourth-order valence-corrected chi connectivity index (χ4v) is 3.60. The summed E-state index contributed by atoms with van der Waals surface area (Å²) in [5.74, 6) is -0.0386. The van der Waals surface area contributed by atoms with E-state index in [-0.39, 0.29) is 17.2 Å². The molecule has 1 nitrogen and oxygen atoms in total. The van der Waals surface area contributed by atoms with Crippen LogP contribution in [0, 0.1) is 17.2 Å². The molecule has 1 aliphatic rings. The summed E-state index contributed by atoms with van der Waals surface area (Å²) in [4.78, 5) is 0. The van der Waals surface area contributed by atoms with Crippen molar-refractivity contribution in [1.82, 2.24) is 0 Å². The largest absolute Gasteiger partial charge is 0.389 e. The number of aliphatic hydroxyl groups is 1. The Balaban J connectivity index is 2.20. The summed E-state index contributed by atoms with van der Waals surface area (Å²) >= 11 is 3.36. The second-order valence-corrected chi connectivity index (χ2v) is 7.70. The minimum absolute atomic E-state index is 0.189. The van der Waals surface area contributed by atoms with E-state index in [4.69, 9.17) is 0 Å². The van der Waals surface area contributed by atoms with Gasteiger partial charge in [-0.05, 0) is 54.4 Å². The SMILES string of the molecule is CC1CC(C)(C)CCC1(O)Cc1cc(Br)ccc1F. The van der Waals surface area contributed by atoms with Crippen LogP contribution in [0.1, 0.15) is 45.6 Å². The summed E-state index contributed by atoms with van der Waals surface area (Å²) in [5.41, 5.74) is 0.0990. The Morgan fingerprint density at radius 2 is 2.05 bits per heavy atom. The Morgan fingerprint density at radius 3 is 2.68 bits per heavy atom. The lowest BCUT2D eigenvalue weighted by molar-refractivity contribution is -0.0708. The van der Waals surface area contributed by atoms with Gasteiger partial charge in [0.1, 0.15) is 5.82 Å². The smallest absolute Gasteiger partial charge is 0.126 e. The Morgan fingerprint density at radius 1 is 1.37 bits per heavy atom. The van der Waals surface area contributed by atoms with Crippen LogP contribution in [0.3, 0.4) is 0 Å². The lowest BCUT2D eigenvalue weighted by atomic mass is 9.64. The Labute approximate surface area is 123 Å². The third kappa shape index (κ3) is 3.38. The molecule has 2 rings (SSSR count). The Kier molecular flexibility index (Phi) is 4.08. The van der Waals surface area contributed by atoms with Gasteiger partial charge in [0.2, 0.25) is 0 Å². The van der Waals surface area contributed by atoms with E-state index in [0.29, 0.717) is 12.0 Å². The molecule has 0 bridgehead atoms. The van der Waals surface area contributed by atoms with Gasteiger partial charge < -0.3 is 5.11 Å². The molecule has 1 N–H and O–H groups in total. The van der Waals surface area contributed by atoms with Gasteiger partial charge >= 0.3 is 0 Å². The molecule has 0 heterocycles. The molecule has 0 saturated heterocycles. The molecule has 0 aliphatic heterocycles. The lowest BCUT2D eigenvalue weighted by Gasteiger charge is -2.45. The molecule has 1 aromatic carbocycles. The van der Waals surface area contributed by atoms with Gasteiger partial charge in [0.15, 0.2) is 0 Å². The summed E-state index contributed by atoms with van der Waals surface area (Å²) in [6, 6.07) is 4.93. The predicted octanol–water partition coefficient (Wildman–Crippen LogP) is 4.71. The van der Waals surface area contributed by atoms with Crippen LogP contribution < -0.4 is 0 Å². The Hall–Kier alpha value is -0.410. The zero-order chi connectivity index (χ0) is 14.3. The van der Waals surface area contributed by atoms with E-state index in [2.05, 4.69) is 36.7 Å². The molecule has 106 valence electrons. The van der Waals surface area contributed by atoms with E-state index in [1.807, 2.05) is 0 Å². The van der Waals surface area contributed by atoms with E-state index in [1.165, 1.54) is 6.07 Å². The molecule has 2 atom stereocenters. The predicted molar refractivity (Wildman–Crippen MR) is 79.5 cm³/mol. The van der Waals surface area contributed by atoms with Gasteiger partial charge in [-0.2, -0.15) is 0 Å². The van der Waals surface area contributed by atoms with Crippen LogP contribution >= 0.6 is 15.9 Å². The molecule has 0 radical (unpaired) electrons. The summed E-state index contributed by atoms with van der Waals surface area (Å²) in [6.07, 6.45) is 3.12. The highest BCUT2D eigenvalue weighted by molar-refractivity contribution is 9.10. The summed E-state index contributed by atoms with van der Waals surface area (Å²) in [6.45, 7) is 6.56. The van der Waals surface area contributed by atoms with E-state index in [1.54, 1.807) is 12.1 Å². The van der Waals surface area contributed by atoms with Crippen LogP contribution in [-0.2, 0) is 6.42 Å². The fourth-order valence-electron chi connectivity index (χ4n) is 3.19. The minimum Gasteiger partial charge on any atom is -0.389 e. The van der Waals surface area contributed by atoms with Crippen molar-refractivity contribution in [1.29, 1.82) is 0 Å². The van der Waals surface area contributed by atoms with Gasteiger partial charge in [0.25, 0.3) is 0 Å². The van der Waals surface area contributed by atoms with Crippen LogP contribution in [-0.4, -0.2) is 10.7 Å². The van der Waals surface area contributed by atoms with Gasteiger partial charge in [-0.3, -0.25) is 0 Å². The molecule has 1 aliphatic carbocycles. The average molecular weight is 329 g/mol. The standard InChI is InChI=1S/C16H22BrFO/c1-11-9-15(2,3)6-7-16(11,19)10-12-8-13(17)4-5-14(12)18/h4-5,8,11,19H,6-7,9-10H2,1-3H3. The quantitative estimate of drug-likeness (QED) is 0.833. The van der Waals surface area contributed by atoms with E-state index in [0.717, 1.165) is 23.7 Å². The first kappa shape index (κ1) is 15.0. The van der Waals surface area contributed by atoms with Gasteiger partial charge in [-0.15, -0.1) is 0 Å². The third-order valence-electron chi connectivity index (χ3n) is 4.52. The highest BCUT2D eigenvalue weighted by Crippen LogP contribution is 2.45. The van der Waals surface area contributed by atoms with Crippen LogP contribution in [0.15, 0.2) is 22.7 Å². The topological polar surface area (TPSA) is 20.2 Å². The molecule has 19 heavy (non-hydrogen) atoms. The summed E-state index contributed by atoms with van der Waals surface area (Å²) in [5, 5.41) is 10.9. The summed E-state index contributed by atoms with van der Waals surface area (Å²) in [7, 11) is 0. The zero-order valence-corrected chi connectivity index (χ0v) is 13.4. The second kappa shape index (κ2) is 5.17. The normalized spacial score (nSPS) is 30.3. The van der Waals surface area contributed by atoms with Crippen LogP contribution in [0.4, 0.5) is 4.39 Å². The van der Waals surface area contributed by atoms with E-state index in [9.17, 15) is 9.50 Å². The van der Waals surface area contributed by atoms with Crippen molar-refractivity contribution in [3.8, 4) is 0 Å². The van der Waals surface area contributed by atoms with Crippen molar-refractivity contribution >= 4 is 15.9 Å². The van der Waals surface area contributed by atoms with Gasteiger partial charge in [-0.1, -0.05) is 36.7 Å². The first-order valence-corrected chi connectivity index (χ1v) is 7.67. The highest BCUT2D eigenvalue weighted by atomic mass is 79.9. The molecule has 1 fully saturated rings. The number of hydrogen-bond acceptors (Lipinski definition) is 1. The second-order valence-electron chi connectivity index (χ2n) is 6.79. The number of halogens is 2. The summed E-state index contributed by atoms with van der Waals surface area (Å²) < 4.78 is 14.7. The molecule has 0 aromatic heterocycles. The van der Waals surface area contributed by atoms with Crippen LogP contribution in [0.5, 0.6) is 0 Å². The van der Waals surface area contributed by atoms with Crippen molar-refractivity contribution < 1.29 is 9.50 Å². The molecule has 3 heteroatoms. The maximum Gasteiger partial charge on any atom is 0.126 e. The Bertz CT molecular complexity index is 472. The van der Waals surface area contributed by atoms with Gasteiger partial charge in [0, 0.05) is 10.9 Å².